The fourth-order valence-corrected chi connectivity index (χ4v) is 2.21. The Bertz CT molecular complexity index is 751. The first kappa shape index (κ1) is 16.9. The second kappa shape index (κ2) is 7.19. The number of carbonyl (C=O) groups is 1. The van der Waals surface area contributed by atoms with E-state index in [1.807, 2.05) is 6.07 Å². The highest BCUT2D eigenvalue weighted by Crippen LogP contribution is 2.25. The van der Waals surface area contributed by atoms with Crippen molar-refractivity contribution in [3.05, 3.63) is 56.7 Å². The zero-order valence-corrected chi connectivity index (χ0v) is 14.0. The summed E-state index contributed by atoms with van der Waals surface area (Å²) in [6, 6.07) is 10.1. The number of hydrogen-bond acceptors (Lipinski definition) is 5. The number of aryl methyl sites for hydroxylation is 1. The Balaban J connectivity index is 2.11. The molecular weight excluding hydrogens is 366 g/mol. The Labute approximate surface area is 141 Å². The molecule has 120 valence electrons. The summed E-state index contributed by atoms with van der Waals surface area (Å²) in [6.45, 7) is 3.15. The summed E-state index contributed by atoms with van der Waals surface area (Å²) in [5, 5.41) is 13.7. The van der Waals surface area contributed by atoms with Crippen LogP contribution < -0.4 is 10.1 Å². The van der Waals surface area contributed by atoms with Gasteiger partial charge in [-0.3, -0.25) is 4.79 Å². The van der Waals surface area contributed by atoms with Crippen molar-refractivity contribution in [3.8, 4) is 5.75 Å². The number of carbonyl (C=O) groups excluding carboxylic acids is 1. The van der Waals surface area contributed by atoms with E-state index in [1.54, 1.807) is 31.2 Å². The molecule has 1 heterocycles. The molecule has 2 rings (SSSR count). The molecule has 0 spiro atoms. The lowest BCUT2D eigenvalue weighted by Crippen LogP contribution is -2.30. The van der Waals surface area contributed by atoms with Crippen LogP contribution in [0.15, 0.2) is 40.9 Å². The molecule has 0 aliphatic carbocycles. The summed E-state index contributed by atoms with van der Waals surface area (Å²) in [6.07, 6.45) is -0.919. The molecule has 0 radical (unpaired) electrons. The van der Waals surface area contributed by atoms with Crippen molar-refractivity contribution in [1.29, 1.82) is 0 Å². The Hall–Kier alpha value is -2.48. The standard InChI is InChI=1S/C15H14BrN3O4/c1-9-6-7-13(14(17-9)19(21)22)23-10(2)15(20)18-12-5-3-4-11(16)8-12/h3-8,10H,1-2H3,(H,18,20)/t10-/m1/s1. The van der Waals surface area contributed by atoms with E-state index in [2.05, 4.69) is 26.2 Å². The smallest absolute Gasteiger partial charge is 0.406 e. The maximum atomic E-state index is 12.1. The van der Waals surface area contributed by atoms with Gasteiger partial charge in [0.05, 0.1) is 0 Å². The molecule has 1 amide bonds. The van der Waals surface area contributed by atoms with E-state index in [1.165, 1.54) is 13.0 Å². The Morgan fingerprint density at radius 2 is 2.13 bits per heavy atom. The lowest BCUT2D eigenvalue weighted by Gasteiger charge is -2.14. The molecule has 0 saturated carbocycles. The van der Waals surface area contributed by atoms with Gasteiger partial charge in [-0.25, -0.2) is 0 Å². The van der Waals surface area contributed by atoms with Crippen LogP contribution in [0.2, 0.25) is 0 Å². The second-order valence-electron chi connectivity index (χ2n) is 4.79. The fraction of sp³-hybridized carbons (Fsp3) is 0.200. The van der Waals surface area contributed by atoms with Crippen LogP contribution in [0.5, 0.6) is 5.75 Å². The number of amides is 1. The molecule has 1 atom stereocenters. The van der Waals surface area contributed by atoms with E-state index in [4.69, 9.17) is 4.74 Å². The van der Waals surface area contributed by atoms with Crippen LogP contribution in [0.1, 0.15) is 12.6 Å². The van der Waals surface area contributed by atoms with E-state index in [0.29, 0.717) is 11.4 Å². The molecule has 0 aliphatic rings. The Morgan fingerprint density at radius 1 is 1.39 bits per heavy atom. The lowest BCUT2D eigenvalue weighted by atomic mass is 10.3. The highest BCUT2D eigenvalue weighted by Gasteiger charge is 2.22. The maximum absolute atomic E-state index is 12.1. The zero-order chi connectivity index (χ0) is 17.0. The maximum Gasteiger partial charge on any atom is 0.406 e. The third kappa shape index (κ3) is 4.49. The number of nitro groups is 1. The van der Waals surface area contributed by atoms with Gasteiger partial charge in [0.2, 0.25) is 5.75 Å². The van der Waals surface area contributed by atoms with E-state index in [0.717, 1.165) is 4.47 Å². The quantitative estimate of drug-likeness (QED) is 0.633. The molecule has 1 aromatic carbocycles. The molecule has 7 nitrogen and oxygen atoms in total. The predicted octanol–water partition coefficient (Wildman–Crippen LogP) is 3.47. The number of nitrogens with zero attached hydrogens (tertiary/aromatic N) is 2. The third-order valence-corrected chi connectivity index (χ3v) is 3.41. The first-order valence-electron chi connectivity index (χ1n) is 6.72. The average molecular weight is 380 g/mol. The van der Waals surface area contributed by atoms with Crippen molar-refractivity contribution in [2.45, 2.75) is 20.0 Å². The molecule has 0 saturated heterocycles. The molecule has 23 heavy (non-hydrogen) atoms. The van der Waals surface area contributed by atoms with E-state index >= 15 is 0 Å². The largest absolute Gasteiger partial charge is 0.473 e. The van der Waals surface area contributed by atoms with E-state index in [-0.39, 0.29) is 5.75 Å². The number of halogens is 1. The minimum Gasteiger partial charge on any atom is -0.473 e. The highest BCUT2D eigenvalue weighted by atomic mass is 79.9. The van der Waals surface area contributed by atoms with Crippen LogP contribution in [0.25, 0.3) is 0 Å². The monoisotopic (exact) mass is 379 g/mol. The summed E-state index contributed by atoms with van der Waals surface area (Å²) < 4.78 is 6.22. The molecule has 0 aliphatic heterocycles. The molecule has 1 N–H and O–H groups in total. The molecule has 0 fully saturated rings. The van der Waals surface area contributed by atoms with Gasteiger partial charge >= 0.3 is 5.82 Å². The zero-order valence-electron chi connectivity index (χ0n) is 12.4. The van der Waals surface area contributed by atoms with Crippen molar-refractivity contribution in [2.75, 3.05) is 5.32 Å². The second-order valence-corrected chi connectivity index (χ2v) is 5.71. The molecule has 2 aromatic rings. The van der Waals surface area contributed by atoms with Gasteiger partial charge in [0, 0.05) is 17.1 Å². The minimum atomic E-state index is -0.919. The van der Waals surface area contributed by atoms with Crippen molar-refractivity contribution < 1.29 is 14.5 Å². The van der Waals surface area contributed by atoms with Crippen molar-refractivity contribution in [3.63, 3.8) is 0 Å². The predicted molar refractivity (Wildman–Crippen MR) is 88.5 cm³/mol. The number of rotatable bonds is 5. The lowest BCUT2D eigenvalue weighted by molar-refractivity contribution is -0.390. The number of nitrogens with one attached hydrogen (secondary N) is 1. The average Bonchev–Trinajstić information content (AvgIpc) is 2.48. The van der Waals surface area contributed by atoms with E-state index < -0.39 is 22.8 Å². The summed E-state index contributed by atoms with van der Waals surface area (Å²) in [5.74, 6) is -0.873. The van der Waals surface area contributed by atoms with Crippen LogP contribution in [0.3, 0.4) is 0 Å². The van der Waals surface area contributed by atoms with Gasteiger partial charge in [0.15, 0.2) is 6.10 Å². The number of benzene rings is 1. The molecule has 0 bridgehead atoms. The molecular formula is C15H14BrN3O4. The fourth-order valence-electron chi connectivity index (χ4n) is 1.81. The van der Waals surface area contributed by atoms with Gasteiger partial charge in [-0.15, -0.1) is 0 Å². The third-order valence-electron chi connectivity index (χ3n) is 2.92. The number of pyridine rings is 1. The van der Waals surface area contributed by atoms with Gasteiger partial charge in [-0.1, -0.05) is 22.0 Å². The number of ether oxygens (including phenoxy) is 1. The number of anilines is 1. The van der Waals surface area contributed by atoms with Crippen LogP contribution in [-0.2, 0) is 4.79 Å². The summed E-state index contributed by atoms with van der Waals surface area (Å²) >= 11 is 3.31. The van der Waals surface area contributed by atoms with Gasteiger partial charge in [0.25, 0.3) is 5.91 Å². The SMILES string of the molecule is Cc1ccc(O[C@H](C)C(=O)Nc2cccc(Br)c2)c([N+](=O)[O-])n1. The Morgan fingerprint density at radius 3 is 2.78 bits per heavy atom. The van der Waals surface area contributed by atoms with Gasteiger partial charge in [-0.2, -0.15) is 0 Å². The topological polar surface area (TPSA) is 94.4 Å². The highest BCUT2D eigenvalue weighted by molar-refractivity contribution is 9.10. The van der Waals surface area contributed by atoms with Crippen molar-refractivity contribution in [2.24, 2.45) is 0 Å². The van der Waals surface area contributed by atoms with Gasteiger partial charge in [-0.05, 0) is 47.2 Å². The Kier molecular flexibility index (Phi) is 5.28. The first-order chi connectivity index (χ1) is 10.9. The van der Waals surface area contributed by atoms with Gasteiger partial charge in [0.1, 0.15) is 5.69 Å². The number of aromatic nitrogens is 1. The molecule has 8 heteroatoms. The van der Waals surface area contributed by atoms with Gasteiger partial charge < -0.3 is 20.2 Å². The number of hydrogen-bond donors (Lipinski definition) is 1. The van der Waals surface area contributed by atoms with Crippen LogP contribution in [0, 0.1) is 17.0 Å². The summed E-state index contributed by atoms with van der Waals surface area (Å²) in [5.41, 5.74) is 1.09. The van der Waals surface area contributed by atoms with Crippen molar-refractivity contribution >= 4 is 33.3 Å². The van der Waals surface area contributed by atoms with Crippen LogP contribution >= 0.6 is 15.9 Å². The first-order valence-corrected chi connectivity index (χ1v) is 7.51. The van der Waals surface area contributed by atoms with E-state index in [9.17, 15) is 14.9 Å². The summed E-state index contributed by atoms with van der Waals surface area (Å²) in [4.78, 5) is 26.3. The normalized spacial score (nSPS) is 11.6. The van der Waals surface area contributed by atoms with Crippen LogP contribution in [0.4, 0.5) is 11.5 Å². The molecule has 1 aromatic heterocycles. The minimum absolute atomic E-state index is 0.0440. The summed E-state index contributed by atoms with van der Waals surface area (Å²) in [7, 11) is 0. The van der Waals surface area contributed by atoms with Crippen LogP contribution in [-0.4, -0.2) is 21.9 Å². The molecule has 0 unspecified atom stereocenters. The van der Waals surface area contributed by atoms with Crippen molar-refractivity contribution in [1.82, 2.24) is 4.98 Å².